The lowest BCUT2D eigenvalue weighted by Crippen LogP contribution is -2.31. The summed E-state index contributed by atoms with van der Waals surface area (Å²) in [4.78, 5) is 4.00. The van der Waals surface area contributed by atoms with E-state index < -0.39 is 12.5 Å². The predicted octanol–water partition coefficient (Wildman–Crippen LogP) is 1.98. The summed E-state index contributed by atoms with van der Waals surface area (Å²) in [6.07, 6.45) is -2.40. The molecule has 0 amide bonds. The fraction of sp³-hybridized carbons (Fsp3) is 0.375. The van der Waals surface area contributed by atoms with Crippen LogP contribution in [0.4, 0.5) is 8.78 Å². The van der Waals surface area contributed by atoms with Gasteiger partial charge in [0, 0.05) is 12.1 Å². The normalized spacial score (nSPS) is 13.3. The Bertz CT molecular complexity index is 281. The number of alkyl halides is 2. The van der Waals surface area contributed by atoms with Crippen molar-refractivity contribution in [3.05, 3.63) is 28.5 Å². The molecule has 1 aromatic heterocycles. The van der Waals surface area contributed by atoms with Crippen LogP contribution >= 0.6 is 15.9 Å². The SMILES string of the molecule is NC(Cc1cccc(Br)n1)C(F)F. The topological polar surface area (TPSA) is 38.9 Å². The third kappa shape index (κ3) is 3.36. The molecule has 0 radical (unpaired) electrons. The van der Waals surface area contributed by atoms with Gasteiger partial charge in [0.05, 0.1) is 6.04 Å². The van der Waals surface area contributed by atoms with Crippen molar-refractivity contribution in [2.75, 3.05) is 0 Å². The van der Waals surface area contributed by atoms with Crippen molar-refractivity contribution < 1.29 is 8.78 Å². The Morgan fingerprint density at radius 3 is 2.69 bits per heavy atom. The standard InChI is InChI=1S/C8H9BrF2N2/c9-7-3-1-2-5(13-7)4-6(12)8(10)11/h1-3,6,8H,4,12H2. The largest absolute Gasteiger partial charge is 0.323 e. The first-order chi connectivity index (χ1) is 6.09. The van der Waals surface area contributed by atoms with Crippen molar-refractivity contribution in [2.45, 2.75) is 18.9 Å². The van der Waals surface area contributed by atoms with Crippen molar-refractivity contribution >= 4 is 15.9 Å². The summed E-state index contributed by atoms with van der Waals surface area (Å²) in [6.45, 7) is 0. The first kappa shape index (κ1) is 10.5. The summed E-state index contributed by atoms with van der Waals surface area (Å²) in [6, 6.07) is 4.01. The highest BCUT2D eigenvalue weighted by Gasteiger charge is 2.15. The van der Waals surface area contributed by atoms with Crippen LogP contribution in [0.15, 0.2) is 22.8 Å². The predicted molar refractivity (Wildman–Crippen MR) is 49.6 cm³/mol. The highest BCUT2D eigenvalue weighted by atomic mass is 79.9. The van der Waals surface area contributed by atoms with Crippen LogP contribution in [0.25, 0.3) is 0 Å². The van der Waals surface area contributed by atoms with Gasteiger partial charge in [0.25, 0.3) is 6.43 Å². The Labute approximate surface area is 83.3 Å². The quantitative estimate of drug-likeness (QED) is 0.834. The molecule has 72 valence electrons. The van der Waals surface area contributed by atoms with Crippen LogP contribution in [0, 0.1) is 0 Å². The van der Waals surface area contributed by atoms with Crippen LogP contribution in [0.1, 0.15) is 5.69 Å². The molecule has 0 saturated carbocycles. The molecule has 1 atom stereocenters. The number of halogens is 3. The molecule has 0 aromatic carbocycles. The lowest BCUT2D eigenvalue weighted by Gasteiger charge is -2.09. The molecule has 2 N–H and O–H groups in total. The van der Waals surface area contributed by atoms with Crippen LogP contribution in [0.2, 0.25) is 0 Å². The van der Waals surface area contributed by atoms with Gasteiger partial charge in [0.2, 0.25) is 0 Å². The number of pyridine rings is 1. The third-order valence-electron chi connectivity index (χ3n) is 1.54. The van der Waals surface area contributed by atoms with E-state index in [-0.39, 0.29) is 6.42 Å². The minimum atomic E-state index is -2.50. The monoisotopic (exact) mass is 250 g/mol. The van der Waals surface area contributed by atoms with E-state index in [9.17, 15) is 8.78 Å². The maximum Gasteiger partial charge on any atom is 0.253 e. The Morgan fingerprint density at radius 2 is 2.15 bits per heavy atom. The number of aromatic nitrogens is 1. The Hall–Kier alpha value is -0.550. The molecule has 1 aromatic rings. The molecule has 13 heavy (non-hydrogen) atoms. The summed E-state index contributed by atoms with van der Waals surface area (Å²) in [5.41, 5.74) is 5.76. The second-order valence-corrected chi connectivity index (χ2v) is 3.47. The average Bonchev–Trinajstić information content (AvgIpc) is 2.04. The summed E-state index contributed by atoms with van der Waals surface area (Å²) < 4.78 is 24.7. The molecule has 0 spiro atoms. The van der Waals surface area contributed by atoms with E-state index >= 15 is 0 Å². The minimum Gasteiger partial charge on any atom is -0.323 e. The molecule has 0 saturated heterocycles. The highest BCUT2D eigenvalue weighted by molar-refractivity contribution is 9.10. The van der Waals surface area contributed by atoms with Crippen molar-refractivity contribution in [3.63, 3.8) is 0 Å². The fourth-order valence-electron chi connectivity index (χ4n) is 0.895. The van der Waals surface area contributed by atoms with Crippen LogP contribution in [0.5, 0.6) is 0 Å². The van der Waals surface area contributed by atoms with E-state index in [0.29, 0.717) is 10.3 Å². The average molecular weight is 251 g/mol. The zero-order valence-electron chi connectivity index (χ0n) is 6.75. The number of nitrogens with zero attached hydrogens (tertiary/aromatic N) is 1. The van der Waals surface area contributed by atoms with Gasteiger partial charge in [-0.05, 0) is 28.1 Å². The zero-order chi connectivity index (χ0) is 9.84. The summed E-state index contributed by atoms with van der Waals surface area (Å²) >= 11 is 3.15. The minimum absolute atomic E-state index is 0.0944. The molecule has 1 rings (SSSR count). The highest BCUT2D eigenvalue weighted by Crippen LogP contribution is 2.09. The fourth-order valence-corrected chi connectivity index (χ4v) is 1.27. The van der Waals surface area contributed by atoms with Gasteiger partial charge < -0.3 is 5.73 Å². The van der Waals surface area contributed by atoms with Gasteiger partial charge in [0.15, 0.2) is 0 Å². The molecular formula is C8H9BrF2N2. The molecule has 2 nitrogen and oxygen atoms in total. The van der Waals surface area contributed by atoms with Crippen molar-refractivity contribution in [1.82, 2.24) is 4.98 Å². The molecule has 1 heterocycles. The van der Waals surface area contributed by atoms with E-state index in [1.807, 2.05) is 0 Å². The van der Waals surface area contributed by atoms with Crippen LogP contribution in [-0.2, 0) is 6.42 Å². The van der Waals surface area contributed by atoms with Gasteiger partial charge in [-0.2, -0.15) is 0 Å². The van der Waals surface area contributed by atoms with Gasteiger partial charge in [0.1, 0.15) is 4.60 Å². The lowest BCUT2D eigenvalue weighted by molar-refractivity contribution is 0.115. The number of rotatable bonds is 3. The molecule has 5 heteroatoms. The summed E-state index contributed by atoms with van der Waals surface area (Å²) in [5, 5.41) is 0. The summed E-state index contributed by atoms with van der Waals surface area (Å²) in [5.74, 6) is 0. The molecule has 0 bridgehead atoms. The lowest BCUT2D eigenvalue weighted by atomic mass is 10.1. The van der Waals surface area contributed by atoms with E-state index in [4.69, 9.17) is 5.73 Å². The van der Waals surface area contributed by atoms with Crippen LogP contribution < -0.4 is 5.73 Å². The molecular weight excluding hydrogens is 242 g/mol. The third-order valence-corrected chi connectivity index (χ3v) is 1.98. The van der Waals surface area contributed by atoms with Crippen molar-refractivity contribution in [3.8, 4) is 0 Å². The molecule has 1 unspecified atom stereocenters. The molecule has 0 aliphatic rings. The maximum atomic E-state index is 12.1. The van der Waals surface area contributed by atoms with Crippen LogP contribution in [-0.4, -0.2) is 17.5 Å². The smallest absolute Gasteiger partial charge is 0.253 e. The second kappa shape index (κ2) is 4.62. The Kier molecular flexibility index (Phi) is 3.74. The van der Waals surface area contributed by atoms with Gasteiger partial charge in [-0.15, -0.1) is 0 Å². The zero-order valence-corrected chi connectivity index (χ0v) is 8.34. The first-order valence-electron chi connectivity index (χ1n) is 3.75. The van der Waals surface area contributed by atoms with Gasteiger partial charge in [-0.1, -0.05) is 6.07 Å². The van der Waals surface area contributed by atoms with Gasteiger partial charge >= 0.3 is 0 Å². The second-order valence-electron chi connectivity index (χ2n) is 2.65. The van der Waals surface area contributed by atoms with E-state index in [1.165, 1.54) is 0 Å². The first-order valence-corrected chi connectivity index (χ1v) is 4.54. The van der Waals surface area contributed by atoms with E-state index in [0.717, 1.165) is 0 Å². The van der Waals surface area contributed by atoms with Crippen molar-refractivity contribution in [2.24, 2.45) is 5.73 Å². The Morgan fingerprint density at radius 1 is 1.46 bits per heavy atom. The van der Waals surface area contributed by atoms with E-state index in [1.54, 1.807) is 18.2 Å². The number of nitrogens with two attached hydrogens (primary N) is 1. The molecule has 0 aliphatic carbocycles. The van der Waals surface area contributed by atoms with E-state index in [2.05, 4.69) is 20.9 Å². The molecule has 0 fully saturated rings. The van der Waals surface area contributed by atoms with Gasteiger partial charge in [-0.25, -0.2) is 13.8 Å². The number of hydrogen-bond donors (Lipinski definition) is 1. The number of hydrogen-bond acceptors (Lipinski definition) is 2. The maximum absolute atomic E-state index is 12.1. The molecule has 0 aliphatic heterocycles. The van der Waals surface area contributed by atoms with Gasteiger partial charge in [-0.3, -0.25) is 0 Å². The summed E-state index contributed by atoms with van der Waals surface area (Å²) in [7, 11) is 0. The van der Waals surface area contributed by atoms with Crippen LogP contribution in [0.3, 0.4) is 0 Å². The Balaban J connectivity index is 2.64. The van der Waals surface area contributed by atoms with Crippen molar-refractivity contribution in [1.29, 1.82) is 0 Å².